The average molecular weight is 329 g/mol. The summed E-state index contributed by atoms with van der Waals surface area (Å²) in [6.45, 7) is 2.67. The Balaban J connectivity index is 2.06. The van der Waals surface area contributed by atoms with Gasteiger partial charge in [0.2, 0.25) is 11.9 Å². The van der Waals surface area contributed by atoms with Crippen LogP contribution in [-0.2, 0) is 4.74 Å². The molecule has 2 aromatic rings. The van der Waals surface area contributed by atoms with Crippen molar-refractivity contribution in [3.05, 3.63) is 24.2 Å². The van der Waals surface area contributed by atoms with Crippen LogP contribution in [0.25, 0.3) is 11.3 Å². The number of anilines is 2. The first-order valence-corrected chi connectivity index (χ1v) is 7.55. The Hall–Kier alpha value is -2.81. The van der Waals surface area contributed by atoms with Gasteiger partial charge in [-0.05, 0) is 0 Å². The number of ether oxygens (including phenoxy) is 1. The van der Waals surface area contributed by atoms with E-state index in [-0.39, 0.29) is 11.9 Å². The molecule has 1 saturated heterocycles. The Morgan fingerprint density at radius 2 is 1.83 bits per heavy atom. The van der Waals surface area contributed by atoms with Crippen LogP contribution in [0.3, 0.4) is 0 Å². The van der Waals surface area contributed by atoms with Gasteiger partial charge < -0.3 is 20.3 Å². The van der Waals surface area contributed by atoms with E-state index < -0.39 is 0 Å². The molecule has 0 spiro atoms. The van der Waals surface area contributed by atoms with Crippen molar-refractivity contribution >= 4 is 17.8 Å². The minimum atomic E-state index is -0.185. The van der Waals surface area contributed by atoms with Crippen LogP contribution in [0, 0.1) is 0 Å². The predicted octanol–water partition coefficient (Wildman–Crippen LogP) is 0.0542. The molecule has 1 fully saturated rings. The predicted molar refractivity (Wildman–Crippen MR) is 88.5 cm³/mol. The topological polar surface area (TPSA) is 110 Å². The first-order chi connectivity index (χ1) is 11.6. The van der Waals surface area contributed by atoms with Crippen LogP contribution < -0.4 is 10.6 Å². The van der Waals surface area contributed by atoms with Gasteiger partial charge in [-0.25, -0.2) is 19.9 Å². The monoisotopic (exact) mass is 329 g/mol. The number of carbonyl (C=O) groups excluding carboxylic acids is 1. The molecule has 3 heterocycles. The third-order valence-corrected chi connectivity index (χ3v) is 3.65. The number of morpholine rings is 1. The summed E-state index contributed by atoms with van der Waals surface area (Å²) < 4.78 is 5.35. The fourth-order valence-corrected chi connectivity index (χ4v) is 2.37. The minimum absolute atomic E-state index is 0.168. The molecule has 9 nitrogen and oxygen atoms in total. The van der Waals surface area contributed by atoms with Crippen molar-refractivity contribution in [3.8, 4) is 11.3 Å². The fourth-order valence-electron chi connectivity index (χ4n) is 2.37. The lowest BCUT2D eigenvalue weighted by Gasteiger charge is -2.27. The molecule has 1 amide bonds. The van der Waals surface area contributed by atoms with E-state index in [0.717, 1.165) is 0 Å². The van der Waals surface area contributed by atoms with Crippen molar-refractivity contribution < 1.29 is 9.53 Å². The molecule has 3 rings (SSSR count). The zero-order valence-electron chi connectivity index (χ0n) is 13.6. The highest BCUT2D eigenvalue weighted by Gasteiger charge is 2.21. The first kappa shape index (κ1) is 16.1. The summed E-state index contributed by atoms with van der Waals surface area (Å²) in [5, 5.41) is 0. The molecule has 9 heteroatoms. The maximum Gasteiger partial charge on any atom is 0.257 e. The molecule has 24 heavy (non-hydrogen) atoms. The molecule has 0 bridgehead atoms. The van der Waals surface area contributed by atoms with Gasteiger partial charge in [0, 0.05) is 51.3 Å². The van der Waals surface area contributed by atoms with Crippen LogP contribution in [0.15, 0.2) is 18.6 Å². The van der Waals surface area contributed by atoms with E-state index >= 15 is 0 Å². The summed E-state index contributed by atoms with van der Waals surface area (Å²) in [4.78, 5) is 32.9. The van der Waals surface area contributed by atoms with E-state index in [4.69, 9.17) is 10.5 Å². The molecular formula is C15H19N7O2. The lowest BCUT2D eigenvalue weighted by Crippen LogP contribution is -2.37. The van der Waals surface area contributed by atoms with Gasteiger partial charge in [0.15, 0.2) is 0 Å². The molecule has 0 aromatic carbocycles. The van der Waals surface area contributed by atoms with Gasteiger partial charge >= 0.3 is 0 Å². The lowest BCUT2D eigenvalue weighted by atomic mass is 10.1. The molecule has 0 aliphatic carbocycles. The number of hydrogen-bond donors (Lipinski definition) is 1. The largest absolute Gasteiger partial charge is 0.378 e. The second-order valence-corrected chi connectivity index (χ2v) is 5.56. The molecule has 0 unspecified atom stereocenters. The summed E-state index contributed by atoms with van der Waals surface area (Å²) in [6.07, 6.45) is 4.66. The summed E-state index contributed by atoms with van der Waals surface area (Å²) in [5.74, 6) is 0.539. The summed E-state index contributed by atoms with van der Waals surface area (Å²) >= 11 is 0. The lowest BCUT2D eigenvalue weighted by molar-refractivity contribution is 0.0827. The van der Waals surface area contributed by atoms with Crippen molar-refractivity contribution in [1.82, 2.24) is 24.8 Å². The summed E-state index contributed by atoms with van der Waals surface area (Å²) in [5.41, 5.74) is 7.05. The molecular weight excluding hydrogens is 310 g/mol. The van der Waals surface area contributed by atoms with Crippen molar-refractivity contribution in [3.63, 3.8) is 0 Å². The Morgan fingerprint density at radius 3 is 2.46 bits per heavy atom. The molecule has 2 aromatic heterocycles. The van der Waals surface area contributed by atoms with Crippen molar-refractivity contribution in [1.29, 1.82) is 0 Å². The number of aromatic nitrogens is 4. The van der Waals surface area contributed by atoms with Gasteiger partial charge in [-0.2, -0.15) is 0 Å². The molecule has 126 valence electrons. The second kappa shape index (κ2) is 6.75. The van der Waals surface area contributed by atoms with E-state index in [9.17, 15) is 4.79 Å². The quantitative estimate of drug-likeness (QED) is 0.841. The number of nitrogens with two attached hydrogens (primary N) is 1. The maximum atomic E-state index is 12.4. The molecule has 1 aliphatic rings. The molecule has 0 radical (unpaired) electrons. The van der Waals surface area contributed by atoms with Crippen molar-refractivity contribution in [2.75, 3.05) is 51.0 Å². The molecule has 0 atom stereocenters. The van der Waals surface area contributed by atoms with Crippen molar-refractivity contribution in [2.45, 2.75) is 0 Å². The van der Waals surface area contributed by atoms with Crippen LogP contribution in [0.1, 0.15) is 10.4 Å². The zero-order valence-corrected chi connectivity index (χ0v) is 13.6. The standard InChI is InChI=1S/C15H19N7O2/c1-21(2)13(23)11-9-19-15(22-3-5-24-6-4-22)20-12(11)10-7-17-14(16)18-8-10/h7-9H,3-6H2,1-2H3,(H2,16,17,18). The van der Waals surface area contributed by atoms with Gasteiger partial charge in [0.25, 0.3) is 5.91 Å². The van der Waals surface area contributed by atoms with Gasteiger partial charge in [-0.3, -0.25) is 4.79 Å². The number of amides is 1. The Bertz CT molecular complexity index is 727. The highest BCUT2D eigenvalue weighted by atomic mass is 16.5. The number of nitrogens with zero attached hydrogens (tertiary/aromatic N) is 6. The fraction of sp³-hybridized carbons (Fsp3) is 0.400. The first-order valence-electron chi connectivity index (χ1n) is 7.55. The minimum Gasteiger partial charge on any atom is -0.378 e. The third-order valence-electron chi connectivity index (χ3n) is 3.65. The number of hydrogen-bond acceptors (Lipinski definition) is 8. The second-order valence-electron chi connectivity index (χ2n) is 5.56. The van der Waals surface area contributed by atoms with E-state index in [1.165, 1.54) is 4.90 Å². The maximum absolute atomic E-state index is 12.4. The van der Waals surface area contributed by atoms with E-state index in [2.05, 4.69) is 19.9 Å². The van der Waals surface area contributed by atoms with E-state index in [1.54, 1.807) is 32.7 Å². The Kier molecular flexibility index (Phi) is 4.52. The number of nitrogen functional groups attached to an aromatic ring is 1. The summed E-state index contributed by atoms with van der Waals surface area (Å²) in [6, 6.07) is 0. The zero-order chi connectivity index (χ0) is 17.1. The smallest absolute Gasteiger partial charge is 0.257 e. The highest BCUT2D eigenvalue weighted by Crippen LogP contribution is 2.24. The highest BCUT2D eigenvalue weighted by molar-refractivity contribution is 5.99. The normalized spacial score (nSPS) is 14.5. The van der Waals surface area contributed by atoms with Crippen LogP contribution in [0.2, 0.25) is 0 Å². The van der Waals surface area contributed by atoms with Gasteiger partial charge in [-0.15, -0.1) is 0 Å². The van der Waals surface area contributed by atoms with Crippen LogP contribution in [-0.4, -0.2) is 71.1 Å². The molecule has 1 aliphatic heterocycles. The van der Waals surface area contributed by atoms with Crippen LogP contribution >= 0.6 is 0 Å². The third kappa shape index (κ3) is 3.25. The Labute approximate surface area is 139 Å². The molecule has 0 saturated carbocycles. The van der Waals surface area contributed by atoms with E-state index in [0.29, 0.717) is 49.1 Å². The van der Waals surface area contributed by atoms with Crippen LogP contribution in [0.4, 0.5) is 11.9 Å². The summed E-state index contributed by atoms with van der Waals surface area (Å²) in [7, 11) is 3.36. The number of rotatable bonds is 3. The SMILES string of the molecule is CN(C)C(=O)c1cnc(N2CCOCC2)nc1-c1cnc(N)nc1. The number of carbonyl (C=O) groups is 1. The average Bonchev–Trinajstić information content (AvgIpc) is 2.62. The molecule has 2 N–H and O–H groups in total. The van der Waals surface area contributed by atoms with Gasteiger partial charge in [-0.1, -0.05) is 0 Å². The van der Waals surface area contributed by atoms with Crippen molar-refractivity contribution in [2.24, 2.45) is 0 Å². The van der Waals surface area contributed by atoms with Gasteiger partial charge in [0.1, 0.15) is 0 Å². The van der Waals surface area contributed by atoms with Gasteiger partial charge in [0.05, 0.1) is 24.5 Å². The van der Waals surface area contributed by atoms with E-state index in [1.807, 2.05) is 4.90 Å². The Morgan fingerprint density at radius 1 is 1.17 bits per heavy atom. The van der Waals surface area contributed by atoms with Crippen LogP contribution in [0.5, 0.6) is 0 Å².